The van der Waals surface area contributed by atoms with Gasteiger partial charge in [0.1, 0.15) is 0 Å². The standard InChI is InChI=1S/C14H16N4O2S/c1-8-3-2-4-10(12(8)15)21-7-11(19)16-14-18-17-13(20-14)9-5-6-9/h2-4,9H,5-7,15H2,1H3,(H,16,18,19). The van der Waals surface area contributed by atoms with Gasteiger partial charge in [0.2, 0.25) is 11.8 Å². The molecule has 1 amide bonds. The van der Waals surface area contributed by atoms with Gasteiger partial charge in [0.25, 0.3) is 0 Å². The zero-order valence-corrected chi connectivity index (χ0v) is 12.4. The Morgan fingerprint density at radius 2 is 2.29 bits per heavy atom. The Balaban J connectivity index is 1.54. The second-order valence-corrected chi connectivity index (χ2v) is 6.06. The monoisotopic (exact) mass is 304 g/mol. The number of carbonyl (C=O) groups is 1. The van der Waals surface area contributed by atoms with Crippen LogP contribution < -0.4 is 11.1 Å². The van der Waals surface area contributed by atoms with Crippen LogP contribution in [0.5, 0.6) is 0 Å². The van der Waals surface area contributed by atoms with E-state index in [4.69, 9.17) is 10.2 Å². The number of aryl methyl sites for hydroxylation is 1. The van der Waals surface area contributed by atoms with Crippen molar-refractivity contribution in [3.8, 4) is 0 Å². The largest absolute Gasteiger partial charge is 0.408 e. The van der Waals surface area contributed by atoms with Gasteiger partial charge in [-0.15, -0.1) is 16.9 Å². The first-order valence-corrected chi connectivity index (χ1v) is 7.73. The maximum Gasteiger partial charge on any atom is 0.322 e. The third-order valence-electron chi connectivity index (χ3n) is 3.26. The molecule has 0 atom stereocenters. The molecule has 21 heavy (non-hydrogen) atoms. The fourth-order valence-corrected chi connectivity index (χ4v) is 2.71. The molecule has 1 aromatic heterocycles. The zero-order chi connectivity index (χ0) is 14.8. The quantitative estimate of drug-likeness (QED) is 0.651. The number of nitrogens with two attached hydrogens (primary N) is 1. The summed E-state index contributed by atoms with van der Waals surface area (Å²) in [7, 11) is 0. The summed E-state index contributed by atoms with van der Waals surface area (Å²) in [6.45, 7) is 1.94. The van der Waals surface area contributed by atoms with Gasteiger partial charge >= 0.3 is 6.01 Å². The van der Waals surface area contributed by atoms with E-state index < -0.39 is 0 Å². The van der Waals surface area contributed by atoms with Crippen molar-refractivity contribution >= 4 is 29.4 Å². The molecular formula is C14H16N4O2S. The van der Waals surface area contributed by atoms with Gasteiger partial charge in [0, 0.05) is 16.5 Å². The molecule has 1 fully saturated rings. The number of para-hydroxylation sites is 1. The van der Waals surface area contributed by atoms with Gasteiger partial charge in [-0.05, 0) is 31.4 Å². The van der Waals surface area contributed by atoms with Crippen molar-refractivity contribution in [1.29, 1.82) is 0 Å². The van der Waals surface area contributed by atoms with Gasteiger partial charge in [0.05, 0.1) is 5.75 Å². The van der Waals surface area contributed by atoms with Gasteiger partial charge < -0.3 is 10.2 Å². The number of amides is 1. The van der Waals surface area contributed by atoms with Gasteiger partial charge in [-0.3, -0.25) is 10.1 Å². The van der Waals surface area contributed by atoms with E-state index in [0.717, 1.165) is 23.3 Å². The Bertz CT molecular complexity index is 667. The van der Waals surface area contributed by atoms with Crippen LogP contribution in [0, 0.1) is 6.92 Å². The van der Waals surface area contributed by atoms with Crippen molar-refractivity contribution < 1.29 is 9.21 Å². The number of hydrogen-bond donors (Lipinski definition) is 2. The predicted octanol–water partition coefficient (Wildman–Crippen LogP) is 2.57. The maximum atomic E-state index is 11.9. The van der Waals surface area contributed by atoms with Crippen LogP contribution in [-0.2, 0) is 4.79 Å². The summed E-state index contributed by atoms with van der Waals surface area (Å²) in [5, 5.41) is 10.3. The third kappa shape index (κ3) is 3.36. The van der Waals surface area contributed by atoms with E-state index in [9.17, 15) is 4.79 Å². The minimum absolute atomic E-state index is 0.166. The van der Waals surface area contributed by atoms with E-state index >= 15 is 0 Å². The number of nitrogens with zero attached hydrogens (tertiary/aromatic N) is 2. The van der Waals surface area contributed by atoms with Crippen molar-refractivity contribution in [2.45, 2.75) is 30.6 Å². The molecule has 0 aliphatic heterocycles. The lowest BCUT2D eigenvalue weighted by Gasteiger charge is -2.07. The Morgan fingerprint density at radius 1 is 1.48 bits per heavy atom. The van der Waals surface area contributed by atoms with E-state index in [-0.39, 0.29) is 17.7 Å². The van der Waals surface area contributed by atoms with Gasteiger partial charge in [-0.2, -0.15) is 0 Å². The van der Waals surface area contributed by atoms with Crippen LogP contribution in [-0.4, -0.2) is 21.9 Å². The van der Waals surface area contributed by atoms with Crippen LogP contribution >= 0.6 is 11.8 Å². The normalized spacial score (nSPS) is 14.1. The molecule has 0 radical (unpaired) electrons. The van der Waals surface area contributed by atoms with Crippen LogP contribution in [0.3, 0.4) is 0 Å². The van der Waals surface area contributed by atoms with Gasteiger partial charge in [-0.25, -0.2) is 0 Å². The number of hydrogen-bond acceptors (Lipinski definition) is 6. The number of aromatic nitrogens is 2. The molecule has 2 aromatic rings. The summed E-state index contributed by atoms with van der Waals surface area (Å²) >= 11 is 1.39. The Labute approximate surface area is 126 Å². The highest BCUT2D eigenvalue weighted by molar-refractivity contribution is 8.00. The molecule has 6 nitrogen and oxygen atoms in total. The predicted molar refractivity (Wildman–Crippen MR) is 81.2 cm³/mol. The second kappa shape index (κ2) is 5.77. The fraction of sp³-hybridized carbons (Fsp3) is 0.357. The highest BCUT2D eigenvalue weighted by Gasteiger charge is 2.29. The van der Waals surface area contributed by atoms with E-state index in [1.807, 2.05) is 25.1 Å². The Kier molecular flexibility index (Phi) is 3.83. The van der Waals surface area contributed by atoms with Crippen LogP contribution in [0.2, 0.25) is 0 Å². The zero-order valence-electron chi connectivity index (χ0n) is 11.6. The summed E-state index contributed by atoms with van der Waals surface area (Å²) in [6.07, 6.45) is 2.16. The van der Waals surface area contributed by atoms with Gasteiger partial charge in [-0.1, -0.05) is 17.2 Å². The Hall–Kier alpha value is -2.02. The van der Waals surface area contributed by atoms with Crippen molar-refractivity contribution in [1.82, 2.24) is 10.2 Å². The van der Waals surface area contributed by atoms with Crippen LogP contribution in [0.15, 0.2) is 27.5 Å². The molecule has 1 aliphatic rings. The van der Waals surface area contributed by atoms with Crippen molar-refractivity contribution in [2.75, 3.05) is 16.8 Å². The lowest BCUT2D eigenvalue weighted by Crippen LogP contribution is -2.14. The average molecular weight is 304 g/mol. The van der Waals surface area contributed by atoms with E-state index in [1.165, 1.54) is 11.8 Å². The SMILES string of the molecule is Cc1cccc(SCC(=O)Nc2nnc(C3CC3)o2)c1N. The number of benzene rings is 1. The molecule has 1 aromatic carbocycles. The van der Waals surface area contributed by atoms with Crippen molar-refractivity contribution in [3.63, 3.8) is 0 Å². The summed E-state index contributed by atoms with van der Waals surface area (Å²) in [6, 6.07) is 5.93. The summed E-state index contributed by atoms with van der Waals surface area (Å²) in [5.74, 6) is 1.05. The molecular weight excluding hydrogens is 288 g/mol. The van der Waals surface area contributed by atoms with Crippen LogP contribution in [0.4, 0.5) is 11.7 Å². The van der Waals surface area contributed by atoms with E-state index in [2.05, 4.69) is 15.5 Å². The maximum absolute atomic E-state index is 11.9. The molecule has 0 bridgehead atoms. The minimum atomic E-state index is -0.188. The number of nitrogen functional groups attached to an aromatic ring is 1. The van der Waals surface area contributed by atoms with Crippen LogP contribution in [0.25, 0.3) is 0 Å². The first-order chi connectivity index (χ1) is 10.1. The fourth-order valence-electron chi connectivity index (χ4n) is 1.86. The molecule has 3 N–H and O–H groups in total. The number of rotatable bonds is 5. The Morgan fingerprint density at radius 3 is 3.05 bits per heavy atom. The summed E-state index contributed by atoms with van der Waals surface area (Å²) in [5.41, 5.74) is 7.69. The molecule has 1 heterocycles. The third-order valence-corrected chi connectivity index (χ3v) is 4.33. The highest BCUT2D eigenvalue weighted by Crippen LogP contribution is 2.39. The molecule has 1 aliphatic carbocycles. The molecule has 110 valence electrons. The van der Waals surface area contributed by atoms with Crippen molar-refractivity contribution in [3.05, 3.63) is 29.7 Å². The second-order valence-electron chi connectivity index (χ2n) is 5.04. The van der Waals surface area contributed by atoms with E-state index in [0.29, 0.717) is 17.5 Å². The lowest BCUT2D eigenvalue weighted by molar-refractivity contribution is -0.113. The number of carbonyl (C=O) groups excluding carboxylic acids is 1. The highest BCUT2D eigenvalue weighted by atomic mass is 32.2. The smallest absolute Gasteiger partial charge is 0.322 e. The molecule has 3 rings (SSSR count). The average Bonchev–Trinajstić information content (AvgIpc) is 3.21. The number of thioether (sulfide) groups is 1. The number of anilines is 2. The molecule has 0 spiro atoms. The van der Waals surface area contributed by atoms with Crippen molar-refractivity contribution in [2.24, 2.45) is 0 Å². The molecule has 0 saturated heterocycles. The van der Waals surface area contributed by atoms with Crippen LogP contribution in [0.1, 0.15) is 30.2 Å². The molecule has 0 unspecified atom stereocenters. The summed E-state index contributed by atoms with van der Waals surface area (Å²) in [4.78, 5) is 12.8. The summed E-state index contributed by atoms with van der Waals surface area (Å²) < 4.78 is 5.38. The number of nitrogens with one attached hydrogen (secondary N) is 1. The topological polar surface area (TPSA) is 94.0 Å². The minimum Gasteiger partial charge on any atom is -0.408 e. The lowest BCUT2D eigenvalue weighted by atomic mass is 10.2. The first kappa shape index (κ1) is 13.9. The molecule has 1 saturated carbocycles. The molecule has 7 heteroatoms. The van der Waals surface area contributed by atoms with E-state index in [1.54, 1.807) is 0 Å². The first-order valence-electron chi connectivity index (χ1n) is 6.74. The van der Waals surface area contributed by atoms with Gasteiger partial charge in [0.15, 0.2) is 0 Å².